The van der Waals surface area contributed by atoms with Crippen LogP contribution in [0, 0.1) is 0 Å². The molecule has 2 aromatic rings. The molecule has 13 heteroatoms. The molecule has 4 unspecified atom stereocenters. The van der Waals surface area contributed by atoms with E-state index in [1.54, 1.807) is 12.3 Å². The number of hydrogen-bond donors (Lipinski definition) is 7. The minimum absolute atomic E-state index is 0.0299. The van der Waals surface area contributed by atoms with E-state index in [9.17, 15) is 34.2 Å². The number of benzene rings is 1. The van der Waals surface area contributed by atoms with Crippen LogP contribution in [-0.4, -0.2) is 92.2 Å². The highest BCUT2D eigenvalue weighted by atomic mass is 16.4. The van der Waals surface area contributed by atoms with E-state index in [0.29, 0.717) is 18.4 Å². The second-order valence-electron chi connectivity index (χ2n) is 8.60. The molecule has 0 bridgehead atoms. The minimum Gasteiger partial charge on any atom is -0.481 e. The maximum atomic E-state index is 13.2. The number of rotatable bonds is 11. The van der Waals surface area contributed by atoms with Gasteiger partial charge in [-0.1, -0.05) is 18.2 Å². The SMILES string of the molecule is NC(CO)C(=O)N1CCCC1C(=O)NC(Cc1c[nH]c2ccccc12)C(=O)NC(CC(=O)O)C(=O)O. The van der Waals surface area contributed by atoms with Crippen LogP contribution in [0.3, 0.4) is 0 Å². The number of nitrogens with two attached hydrogens (primary N) is 1. The Morgan fingerprint density at radius 3 is 2.50 bits per heavy atom. The van der Waals surface area contributed by atoms with Crippen LogP contribution in [0.15, 0.2) is 30.5 Å². The summed E-state index contributed by atoms with van der Waals surface area (Å²) in [6.07, 6.45) is 1.61. The number of aliphatic carboxylic acids is 2. The lowest BCUT2D eigenvalue weighted by Crippen LogP contribution is -2.57. The Balaban J connectivity index is 1.84. The quantitative estimate of drug-likeness (QED) is 0.191. The number of aromatic amines is 1. The number of para-hydroxylation sites is 1. The summed E-state index contributed by atoms with van der Waals surface area (Å²) >= 11 is 0. The fraction of sp³-hybridized carbons (Fsp3) is 0.435. The van der Waals surface area contributed by atoms with Gasteiger partial charge in [0.15, 0.2) is 0 Å². The topological polar surface area (TPSA) is 215 Å². The number of aliphatic hydroxyl groups is 1. The highest BCUT2D eigenvalue weighted by Crippen LogP contribution is 2.21. The molecule has 4 atom stereocenters. The van der Waals surface area contributed by atoms with Crippen LogP contribution in [-0.2, 0) is 30.4 Å². The Morgan fingerprint density at radius 2 is 1.83 bits per heavy atom. The van der Waals surface area contributed by atoms with Crippen LogP contribution < -0.4 is 16.4 Å². The van der Waals surface area contributed by atoms with E-state index in [2.05, 4.69) is 15.6 Å². The van der Waals surface area contributed by atoms with E-state index in [0.717, 1.165) is 10.9 Å². The fourth-order valence-electron chi connectivity index (χ4n) is 4.24. The number of nitrogens with zero attached hydrogens (tertiary/aromatic N) is 1. The lowest BCUT2D eigenvalue weighted by molar-refractivity contribution is -0.147. The number of carboxylic acid groups (broad SMARTS) is 2. The van der Waals surface area contributed by atoms with Crippen molar-refractivity contribution in [3.8, 4) is 0 Å². The number of carboxylic acids is 2. The molecule has 3 amide bonds. The largest absolute Gasteiger partial charge is 0.481 e. The number of fused-ring (bicyclic) bond motifs is 1. The van der Waals surface area contributed by atoms with E-state index in [-0.39, 0.29) is 13.0 Å². The van der Waals surface area contributed by atoms with Gasteiger partial charge in [-0.3, -0.25) is 19.2 Å². The molecule has 36 heavy (non-hydrogen) atoms. The van der Waals surface area contributed by atoms with Gasteiger partial charge in [-0.2, -0.15) is 0 Å². The van der Waals surface area contributed by atoms with Gasteiger partial charge in [0, 0.05) is 30.1 Å². The van der Waals surface area contributed by atoms with Gasteiger partial charge in [-0.15, -0.1) is 0 Å². The number of likely N-dealkylation sites (tertiary alicyclic amines) is 1. The fourth-order valence-corrected chi connectivity index (χ4v) is 4.24. The summed E-state index contributed by atoms with van der Waals surface area (Å²) in [5.41, 5.74) is 7.08. The van der Waals surface area contributed by atoms with E-state index < -0.39 is 66.9 Å². The maximum absolute atomic E-state index is 13.2. The molecule has 1 saturated heterocycles. The molecular formula is C23H29N5O8. The molecule has 0 aliphatic carbocycles. The molecule has 194 valence electrons. The van der Waals surface area contributed by atoms with E-state index in [4.69, 9.17) is 10.8 Å². The molecule has 1 aromatic heterocycles. The van der Waals surface area contributed by atoms with Crippen LogP contribution in [0.25, 0.3) is 10.9 Å². The summed E-state index contributed by atoms with van der Waals surface area (Å²) in [5.74, 6) is -5.07. The molecule has 0 radical (unpaired) electrons. The minimum atomic E-state index is -1.70. The van der Waals surface area contributed by atoms with Crippen molar-refractivity contribution >= 4 is 40.6 Å². The van der Waals surface area contributed by atoms with Crippen molar-refractivity contribution in [2.45, 2.75) is 49.9 Å². The van der Waals surface area contributed by atoms with Crippen molar-refractivity contribution in [1.29, 1.82) is 0 Å². The van der Waals surface area contributed by atoms with Gasteiger partial charge < -0.3 is 41.6 Å². The normalized spacial score (nSPS) is 17.8. The Kier molecular flexibility index (Phi) is 8.61. The number of amides is 3. The zero-order valence-corrected chi connectivity index (χ0v) is 19.3. The molecule has 1 fully saturated rings. The molecule has 1 aromatic carbocycles. The molecule has 0 spiro atoms. The molecule has 1 aliphatic heterocycles. The van der Waals surface area contributed by atoms with Crippen LogP contribution in [0.5, 0.6) is 0 Å². The van der Waals surface area contributed by atoms with E-state index in [1.165, 1.54) is 4.90 Å². The molecule has 1 aliphatic rings. The van der Waals surface area contributed by atoms with Crippen molar-refractivity contribution in [2.24, 2.45) is 5.73 Å². The van der Waals surface area contributed by atoms with Crippen molar-refractivity contribution in [3.05, 3.63) is 36.0 Å². The zero-order valence-electron chi connectivity index (χ0n) is 19.3. The lowest BCUT2D eigenvalue weighted by atomic mass is 10.0. The number of H-pyrrole nitrogens is 1. The van der Waals surface area contributed by atoms with E-state index >= 15 is 0 Å². The van der Waals surface area contributed by atoms with Crippen molar-refractivity contribution in [3.63, 3.8) is 0 Å². The average Bonchev–Trinajstić information content (AvgIpc) is 3.49. The van der Waals surface area contributed by atoms with Crippen molar-refractivity contribution in [2.75, 3.05) is 13.2 Å². The summed E-state index contributed by atoms with van der Waals surface area (Å²) in [6.45, 7) is -0.334. The van der Waals surface area contributed by atoms with Gasteiger partial charge in [-0.25, -0.2) is 4.79 Å². The van der Waals surface area contributed by atoms with E-state index in [1.807, 2.05) is 18.2 Å². The van der Waals surface area contributed by atoms with Gasteiger partial charge in [-0.05, 0) is 24.5 Å². The van der Waals surface area contributed by atoms with Crippen molar-refractivity contribution in [1.82, 2.24) is 20.5 Å². The summed E-state index contributed by atoms with van der Waals surface area (Å²) in [4.78, 5) is 65.6. The first-order chi connectivity index (χ1) is 17.1. The third-order valence-corrected chi connectivity index (χ3v) is 6.08. The van der Waals surface area contributed by atoms with Gasteiger partial charge >= 0.3 is 11.9 Å². The van der Waals surface area contributed by atoms with Crippen LogP contribution in [0.2, 0.25) is 0 Å². The zero-order chi connectivity index (χ0) is 26.4. The number of hydrogen-bond acceptors (Lipinski definition) is 7. The predicted molar refractivity (Wildman–Crippen MR) is 126 cm³/mol. The van der Waals surface area contributed by atoms with Crippen LogP contribution in [0.1, 0.15) is 24.8 Å². The van der Waals surface area contributed by atoms with Crippen molar-refractivity contribution < 1.29 is 39.3 Å². The van der Waals surface area contributed by atoms with Crippen LogP contribution >= 0.6 is 0 Å². The lowest BCUT2D eigenvalue weighted by Gasteiger charge is -2.28. The monoisotopic (exact) mass is 503 g/mol. The number of aliphatic hydroxyl groups excluding tert-OH is 1. The Bertz CT molecular complexity index is 1150. The molecule has 8 N–H and O–H groups in total. The summed E-state index contributed by atoms with van der Waals surface area (Å²) in [5, 5.41) is 33.1. The number of carbonyl (C=O) groups excluding carboxylic acids is 3. The Morgan fingerprint density at radius 1 is 1.11 bits per heavy atom. The molecule has 3 rings (SSSR count). The van der Waals surface area contributed by atoms with Gasteiger partial charge in [0.1, 0.15) is 24.2 Å². The molecule has 13 nitrogen and oxygen atoms in total. The summed E-state index contributed by atoms with van der Waals surface area (Å²) in [7, 11) is 0. The summed E-state index contributed by atoms with van der Waals surface area (Å²) < 4.78 is 0. The summed E-state index contributed by atoms with van der Waals surface area (Å²) in [6, 6.07) is 2.18. The smallest absolute Gasteiger partial charge is 0.326 e. The Hall–Kier alpha value is -3.97. The van der Waals surface area contributed by atoms with Gasteiger partial charge in [0.25, 0.3) is 0 Å². The first-order valence-electron chi connectivity index (χ1n) is 11.4. The standard InChI is InChI=1S/C23H29N5O8/c24-14(11-29)22(34)28-7-3-6-18(28)21(33)26-16(20(32)27-17(23(35)36)9-19(30)31)8-12-10-25-15-5-2-1-4-13(12)15/h1-2,4-5,10,14,16-18,25,29H,3,6-9,11,24H2,(H,26,33)(H,27,32)(H,30,31)(H,35,36). The molecular weight excluding hydrogens is 474 g/mol. The molecule has 0 saturated carbocycles. The average molecular weight is 504 g/mol. The third-order valence-electron chi connectivity index (χ3n) is 6.08. The third kappa shape index (κ3) is 6.17. The number of carbonyl (C=O) groups is 5. The number of aromatic nitrogens is 1. The maximum Gasteiger partial charge on any atom is 0.326 e. The van der Waals surface area contributed by atoms with Crippen LogP contribution in [0.4, 0.5) is 0 Å². The number of nitrogens with one attached hydrogen (secondary N) is 3. The van der Waals surface area contributed by atoms with Gasteiger partial charge in [0.05, 0.1) is 13.0 Å². The highest BCUT2D eigenvalue weighted by Gasteiger charge is 2.38. The first kappa shape index (κ1) is 26.6. The Labute approximate surface area is 205 Å². The van der Waals surface area contributed by atoms with Gasteiger partial charge in [0.2, 0.25) is 17.7 Å². The second kappa shape index (κ2) is 11.6. The second-order valence-corrected chi connectivity index (χ2v) is 8.60. The first-order valence-corrected chi connectivity index (χ1v) is 11.4. The molecule has 2 heterocycles. The highest BCUT2D eigenvalue weighted by molar-refractivity contribution is 5.95. The predicted octanol–water partition coefficient (Wildman–Crippen LogP) is -1.45.